The molecule has 0 aromatic heterocycles. The van der Waals surface area contributed by atoms with Gasteiger partial charge in [-0.3, -0.25) is 19.2 Å². The molecule has 0 saturated carbocycles. The molecule has 4 N–H and O–H groups in total. The molecule has 6 aromatic carbocycles. The molecule has 12 nitrogen and oxygen atoms in total. The number of ether oxygens (including phenoxy) is 2. The zero-order valence-electron chi connectivity index (χ0n) is 33.3. The highest BCUT2D eigenvalue weighted by molar-refractivity contribution is 6.23. The molecule has 2 aliphatic heterocycles. The Morgan fingerprint density at radius 3 is 1.11 bits per heavy atom. The van der Waals surface area contributed by atoms with E-state index in [2.05, 4.69) is 0 Å². The maximum absolute atomic E-state index is 13.4. The average molecular weight is 827 g/mol. The summed E-state index contributed by atoms with van der Waals surface area (Å²) in [5.41, 5.74) is -7.18. The normalized spacial score (nSPS) is 23.9. The number of hydrogen-bond donors (Lipinski definition) is 4. The van der Waals surface area contributed by atoms with E-state index in [1.54, 1.807) is 172 Å². The number of anilines is 2. The lowest BCUT2D eigenvalue weighted by atomic mass is 9.82. The first-order valence-electron chi connectivity index (χ1n) is 19.5. The molecule has 0 bridgehead atoms. The first-order valence-corrected chi connectivity index (χ1v) is 19.5. The van der Waals surface area contributed by atoms with Gasteiger partial charge in [0.1, 0.15) is 11.5 Å². The molecule has 0 spiro atoms. The molecular weight excluding hydrogens is 789 g/mol. The minimum Gasteiger partial charge on any atom is -0.497 e. The smallest absolute Gasteiger partial charge is 0.211 e. The van der Waals surface area contributed by atoms with Gasteiger partial charge in [-0.1, -0.05) is 109 Å². The van der Waals surface area contributed by atoms with Crippen molar-refractivity contribution in [1.82, 2.24) is 0 Å². The lowest BCUT2D eigenvalue weighted by Crippen LogP contribution is -2.57. The standard InChI is InChI=1S/2C25H19NO5/c2*1-31-18-13-11-17(12-14-18)26-15-21(22(27)16-7-3-2-4-8-16)24(29)23(28)19-9-5-6-10-20(19)25(24,26)30/h2*2-15,29-30H,1H3/t2*24-,25+/m10/s1. The van der Waals surface area contributed by atoms with Crippen LogP contribution in [0.3, 0.4) is 0 Å². The van der Waals surface area contributed by atoms with Gasteiger partial charge in [-0.2, -0.15) is 0 Å². The zero-order valence-corrected chi connectivity index (χ0v) is 33.3. The van der Waals surface area contributed by atoms with E-state index >= 15 is 0 Å². The molecule has 0 saturated heterocycles. The van der Waals surface area contributed by atoms with E-state index in [0.29, 0.717) is 34.0 Å². The third-order valence-electron chi connectivity index (χ3n) is 12.0. The summed E-state index contributed by atoms with van der Waals surface area (Å²) in [6, 6.07) is 43.3. The number of Topliss-reactive ketones (excluding diaryl/α,β-unsaturated/α-hetero) is 4. The van der Waals surface area contributed by atoms with Crippen LogP contribution in [-0.4, -0.2) is 69.0 Å². The molecule has 0 fully saturated rings. The molecule has 2 heterocycles. The van der Waals surface area contributed by atoms with Gasteiger partial charge in [0.05, 0.1) is 25.4 Å². The van der Waals surface area contributed by atoms with Gasteiger partial charge in [0.25, 0.3) is 0 Å². The van der Waals surface area contributed by atoms with E-state index in [9.17, 15) is 39.6 Å². The maximum Gasteiger partial charge on any atom is 0.211 e. The Morgan fingerprint density at radius 1 is 0.452 bits per heavy atom. The second-order valence-electron chi connectivity index (χ2n) is 15.1. The van der Waals surface area contributed by atoms with Crippen molar-refractivity contribution in [2.75, 3.05) is 24.0 Å². The Bertz CT molecular complexity index is 2670. The summed E-state index contributed by atoms with van der Waals surface area (Å²) in [6.45, 7) is 0. The van der Waals surface area contributed by atoms with Crippen LogP contribution in [0.2, 0.25) is 0 Å². The molecular formula is C50H38N2O10. The predicted molar refractivity (Wildman–Crippen MR) is 228 cm³/mol. The molecule has 12 heteroatoms. The maximum atomic E-state index is 13.4. The van der Waals surface area contributed by atoms with Crippen LogP contribution in [0.15, 0.2) is 181 Å². The van der Waals surface area contributed by atoms with E-state index < -0.39 is 45.8 Å². The lowest BCUT2D eigenvalue weighted by Gasteiger charge is -2.39. The quantitative estimate of drug-likeness (QED) is 0.130. The summed E-state index contributed by atoms with van der Waals surface area (Å²) in [5.74, 6) is -1.26. The number of aliphatic hydroxyl groups is 4. The number of hydrogen-bond acceptors (Lipinski definition) is 12. The largest absolute Gasteiger partial charge is 0.497 e. The van der Waals surface area contributed by atoms with Crippen molar-refractivity contribution < 1.29 is 49.1 Å². The van der Waals surface area contributed by atoms with Gasteiger partial charge in [0.2, 0.25) is 34.2 Å². The Kier molecular flexibility index (Phi) is 9.41. The number of ketones is 4. The number of benzene rings is 6. The van der Waals surface area contributed by atoms with Gasteiger partial charge >= 0.3 is 0 Å². The van der Waals surface area contributed by atoms with E-state index in [4.69, 9.17) is 9.47 Å². The van der Waals surface area contributed by atoms with Crippen LogP contribution in [0, 0.1) is 0 Å². The Labute approximate surface area is 355 Å². The SMILES string of the molecule is COc1ccc(N2C=C(C(=O)c3ccccc3)[C@@]3(O)C(=O)c4ccccc4[C@@]23O)cc1.COc1ccc(N2C=C(C(=O)c3ccccc3)[C@]3(O)C(=O)c4ccccc4[C@]23O)cc1. The molecule has 2 aliphatic carbocycles. The van der Waals surface area contributed by atoms with Crippen molar-refractivity contribution in [1.29, 1.82) is 0 Å². The van der Waals surface area contributed by atoms with Crippen LogP contribution in [0.25, 0.3) is 0 Å². The van der Waals surface area contributed by atoms with Crippen molar-refractivity contribution in [3.8, 4) is 11.5 Å². The summed E-state index contributed by atoms with van der Waals surface area (Å²) in [4.78, 5) is 56.3. The summed E-state index contributed by atoms with van der Waals surface area (Å²) in [5, 5.41) is 47.4. The van der Waals surface area contributed by atoms with Crippen LogP contribution < -0.4 is 19.3 Å². The second-order valence-corrected chi connectivity index (χ2v) is 15.1. The highest BCUT2D eigenvalue weighted by Crippen LogP contribution is 2.57. The Morgan fingerprint density at radius 2 is 0.774 bits per heavy atom. The number of carbonyl (C=O) groups excluding carboxylic acids is 4. The number of nitrogens with zero attached hydrogens (tertiary/aromatic N) is 2. The van der Waals surface area contributed by atoms with Crippen LogP contribution in [0.4, 0.5) is 11.4 Å². The molecule has 4 aliphatic rings. The molecule has 6 aromatic rings. The van der Waals surface area contributed by atoms with Crippen molar-refractivity contribution in [2.24, 2.45) is 0 Å². The fourth-order valence-corrected chi connectivity index (χ4v) is 8.87. The number of carbonyl (C=O) groups is 4. The fraction of sp³-hybridized carbons (Fsp3) is 0.120. The van der Waals surface area contributed by atoms with E-state index in [1.165, 1.54) is 22.2 Å². The van der Waals surface area contributed by atoms with Crippen molar-refractivity contribution in [3.63, 3.8) is 0 Å². The first-order chi connectivity index (χ1) is 29.8. The molecule has 10 rings (SSSR count). The third kappa shape index (κ3) is 5.41. The highest BCUT2D eigenvalue weighted by atomic mass is 16.5. The summed E-state index contributed by atoms with van der Waals surface area (Å²) in [7, 11) is 3.08. The highest BCUT2D eigenvalue weighted by Gasteiger charge is 2.73. The van der Waals surface area contributed by atoms with E-state index in [0.717, 1.165) is 0 Å². The van der Waals surface area contributed by atoms with Gasteiger partial charge in [-0.15, -0.1) is 0 Å². The molecule has 0 unspecified atom stereocenters. The van der Waals surface area contributed by atoms with Gasteiger partial charge in [0.15, 0.2) is 11.6 Å². The summed E-state index contributed by atoms with van der Waals surface area (Å²) in [6.07, 6.45) is 2.73. The van der Waals surface area contributed by atoms with Crippen LogP contribution in [0.1, 0.15) is 52.6 Å². The van der Waals surface area contributed by atoms with Crippen molar-refractivity contribution in [2.45, 2.75) is 22.7 Å². The predicted octanol–water partition coefficient (Wildman–Crippen LogP) is 6.11. The molecule has 4 atom stereocenters. The number of rotatable bonds is 8. The fourth-order valence-electron chi connectivity index (χ4n) is 8.87. The average Bonchev–Trinajstić information content (AvgIpc) is 3.86. The lowest BCUT2D eigenvalue weighted by molar-refractivity contribution is -0.0878. The van der Waals surface area contributed by atoms with Crippen molar-refractivity contribution in [3.05, 3.63) is 215 Å². The zero-order chi connectivity index (χ0) is 43.6. The van der Waals surface area contributed by atoms with Crippen LogP contribution in [-0.2, 0) is 11.4 Å². The monoisotopic (exact) mass is 826 g/mol. The second kappa shape index (κ2) is 14.6. The van der Waals surface area contributed by atoms with E-state index in [-0.39, 0.29) is 33.4 Å². The van der Waals surface area contributed by atoms with Crippen molar-refractivity contribution >= 4 is 34.5 Å². The van der Waals surface area contributed by atoms with Gasteiger partial charge in [-0.05, 0) is 48.5 Å². The minimum absolute atomic E-state index is 0.178. The molecule has 62 heavy (non-hydrogen) atoms. The van der Waals surface area contributed by atoms with Crippen LogP contribution in [0.5, 0.6) is 11.5 Å². The summed E-state index contributed by atoms with van der Waals surface area (Å²) >= 11 is 0. The number of fused-ring (bicyclic) bond motifs is 6. The Balaban J connectivity index is 0.000000158. The van der Waals surface area contributed by atoms with Gasteiger partial charge in [0, 0.05) is 57.2 Å². The minimum atomic E-state index is -2.45. The van der Waals surface area contributed by atoms with Gasteiger partial charge < -0.3 is 39.7 Å². The molecule has 0 amide bonds. The van der Waals surface area contributed by atoms with Gasteiger partial charge in [-0.25, -0.2) is 0 Å². The topological polar surface area (TPSA) is 174 Å². The number of methoxy groups -OCH3 is 2. The summed E-state index contributed by atoms with van der Waals surface area (Å²) < 4.78 is 10.4. The Hall–Kier alpha value is -7.48. The van der Waals surface area contributed by atoms with E-state index in [1.807, 2.05) is 0 Å². The molecule has 308 valence electrons. The molecule has 0 radical (unpaired) electrons. The first kappa shape index (κ1) is 40.0. The third-order valence-corrected chi connectivity index (χ3v) is 12.0. The van der Waals surface area contributed by atoms with Crippen LogP contribution >= 0.6 is 0 Å².